The minimum Gasteiger partial charge on any atom is -0.468 e. The van der Waals surface area contributed by atoms with Crippen molar-refractivity contribution in [1.82, 2.24) is 15.6 Å². The van der Waals surface area contributed by atoms with Gasteiger partial charge in [0, 0.05) is 31.4 Å². The molecule has 1 atom stereocenters. The number of aromatic nitrogens is 1. The lowest BCUT2D eigenvalue weighted by molar-refractivity contribution is -0.154. The lowest BCUT2D eigenvalue weighted by Gasteiger charge is -2.19. The highest BCUT2D eigenvalue weighted by Gasteiger charge is 2.29. The zero-order valence-corrected chi connectivity index (χ0v) is 15.2. The van der Waals surface area contributed by atoms with Crippen molar-refractivity contribution in [2.75, 3.05) is 13.7 Å². The van der Waals surface area contributed by atoms with Crippen molar-refractivity contribution < 1.29 is 17.9 Å². The van der Waals surface area contributed by atoms with E-state index in [1.807, 2.05) is 0 Å². The lowest BCUT2D eigenvalue weighted by Crippen LogP contribution is -2.42. The first-order chi connectivity index (χ1) is 11.7. The third-order valence-electron chi connectivity index (χ3n) is 3.45. The average Bonchev–Trinajstić information content (AvgIpc) is 2.54. The minimum absolute atomic E-state index is 0.0318. The van der Waals surface area contributed by atoms with Crippen LogP contribution in [0.4, 0.5) is 13.2 Å². The van der Waals surface area contributed by atoms with E-state index in [9.17, 15) is 13.2 Å². The van der Waals surface area contributed by atoms with Crippen molar-refractivity contribution >= 4 is 5.96 Å². The van der Waals surface area contributed by atoms with Gasteiger partial charge in [0.25, 0.3) is 0 Å². The van der Waals surface area contributed by atoms with Crippen LogP contribution < -0.4 is 15.4 Å². The van der Waals surface area contributed by atoms with Crippen LogP contribution in [0.1, 0.15) is 39.2 Å². The van der Waals surface area contributed by atoms with Gasteiger partial charge < -0.3 is 15.4 Å². The van der Waals surface area contributed by atoms with Crippen LogP contribution in [0.3, 0.4) is 0 Å². The second-order valence-electron chi connectivity index (χ2n) is 6.31. The van der Waals surface area contributed by atoms with E-state index >= 15 is 0 Å². The molecule has 0 spiro atoms. The zero-order chi connectivity index (χ0) is 18.9. The van der Waals surface area contributed by atoms with Gasteiger partial charge in [-0.3, -0.25) is 4.99 Å². The van der Waals surface area contributed by atoms with Crippen molar-refractivity contribution in [2.45, 2.75) is 52.4 Å². The van der Waals surface area contributed by atoms with E-state index in [4.69, 9.17) is 4.74 Å². The molecular formula is C17H27F3N4O. The summed E-state index contributed by atoms with van der Waals surface area (Å²) in [6, 6.07) is 3.56. The molecule has 25 heavy (non-hydrogen) atoms. The quantitative estimate of drug-likeness (QED) is 0.550. The van der Waals surface area contributed by atoms with Crippen molar-refractivity contribution in [3.63, 3.8) is 0 Å². The second kappa shape index (κ2) is 10.1. The maximum absolute atomic E-state index is 12.3. The summed E-state index contributed by atoms with van der Waals surface area (Å²) < 4.78 is 41.7. The normalized spacial score (nSPS) is 13.7. The Morgan fingerprint density at radius 3 is 2.60 bits per heavy atom. The van der Waals surface area contributed by atoms with E-state index in [-0.39, 0.29) is 18.5 Å². The topological polar surface area (TPSA) is 58.5 Å². The molecule has 1 aromatic heterocycles. The van der Waals surface area contributed by atoms with Crippen molar-refractivity contribution in [3.05, 3.63) is 23.9 Å². The highest BCUT2D eigenvalue weighted by atomic mass is 19.4. The van der Waals surface area contributed by atoms with Gasteiger partial charge in [0.15, 0.2) is 12.6 Å². The Morgan fingerprint density at radius 2 is 2.00 bits per heavy atom. The molecule has 0 aliphatic rings. The Kier molecular flexibility index (Phi) is 8.51. The molecule has 142 valence electrons. The molecule has 1 rings (SSSR count). The number of halogens is 3. The lowest BCUT2D eigenvalue weighted by atomic mass is 10.0. The predicted molar refractivity (Wildman–Crippen MR) is 92.7 cm³/mol. The molecule has 0 fully saturated rings. The molecule has 0 aromatic carbocycles. The second-order valence-corrected chi connectivity index (χ2v) is 6.31. The van der Waals surface area contributed by atoms with Crippen LogP contribution in [0.25, 0.3) is 0 Å². The Labute approximate surface area is 147 Å². The molecule has 1 unspecified atom stereocenters. The number of rotatable bonds is 8. The van der Waals surface area contributed by atoms with Crippen LogP contribution in [-0.2, 0) is 6.54 Å². The number of alkyl halides is 3. The molecule has 0 aliphatic heterocycles. The monoisotopic (exact) mass is 360 g/mol. The van der Waals surface area contributed by atoms with Gasteiger partial charge in [-0.1, -0.05) is 19.9 Å². The fraction of sp³-hybridized carbons (Fsp3) is 0.647. The standard InChI is InChI=1S/C17H27F3N4O/c1-12(2)7-8-13(3)24-16(21-4)23-10-14-6-5-9-22-15(14)25-11-17(18,19)20/h5-6,9,12-13H,7-8,10-11H2,1-4H3,(H2,21,23,24). The summed E-state index contributed by atoms with van der Waals surface area (Å²) in [5, 5.41) is 6.35. The Hall–Kier alpha value is -1.99. The Morgan fingerprint density at radius 1 is 1.28 bits per heavy atom. The number of nitrogens with one attached hydrogen (secondary N) is 2. The highest BCUT2D eigenvalue weighted by Crippen LogP contribution is 2.19. The molecule has 0 saturated carbocycles. The van der Waals surface area contributed by atoms with Crippen LogP contribution in [0.2, 0.25) is 0 Å². The van der Waals surface area contributed by atoms with E-state index in [1.165, 1.54) is 6.20 Å². The summed E-state index contributed by atoms with van der Waals surface area (Å²) in [5.74, 6) is 1.18. The van der Waals surface area contributed by atoms with E-state index in [0.29, 0.717) is 17.4 Å². The number of nitrogens with zero attached hydrogens (tertiary/aromatic N) is 2. The molecular weight excluding hydrogens is 333 g/mol. The average molecular weight is 360 g/mol. The maximum atomic E-state index is 12.3. The fourth-order valence-corrected chi connectivity index (χ4v) is 2.10. The zero-order valence-electron chi connectivity index (χ0n) is 15.2. The summed E-state index contributed by atoms with van der Waals surface area (Å²) >= 11 is 0. The van der Waals surface area contributed by atoms with Gasteiger partial charge in [-0.2, -0.15) is 13.2 Å². The minimum atomic E-state index is -4.40. The molecule has 1 heterocycles. The molecule has 2 N–H and O–H groups in total. The van der Waals surface area contributed by atoms with Crippen molar-refractivity contribution in [1.29, 1.82) is 0 Å². The largest absolute Gasteiger partial charge is 0.468 e. The molecule has 0 radical (unpaired) electrons. The summed E-state index contributed by atoms with van der Waals surface area (Å²) in [7, 11) is 1.65. The number of guanidine groups is 1. The van der Waals surface area contributed by atoms with Gasteiger partial charge in [-0.15, -0.1) is 0 Å². The molecule has 8 heteroatoms. The number of hydrogen-bond acceptors (Lipinski definition) is 3. The third-order valence-corrected chi connectivity index (χ3v) is 3.45. The van der Waals surface area contributed by atoms with Gasteiger partial charge in [0.05, 0.1) is 0 Å². The van der Waals surface area contributed by atoms with E-state index < -0.39 is 12.8 Å². The van der Waals surface area contributed by atoms with E-state index in [0.717, 1.165) is 12.8 Å². The van der Waals surface area contributed by atoms with Gasteiger partial charge in [0.2, 0.25) is 5.88 Å². The van der Waals surface area contributed by atoms with Crippen LogP contribution in [-0.4, -0.2) is 36.8 Å². The predicted octanol–water partition coefficient (Wildman–Crippen LogP) is 3.51. The molecule has 0 saturated heterocycles. The smallest absolute Gasteiger partial charge is 0.422 e. The number of pyridine rings is 1. The summed E-state index contributed by atoms with van der Waals surface area (Å²) in [6.07, 6.45) is -0.893. The SMILES string of the molecule is CN=C(NCc1cccnc1OCC(F)(F)F)NC(C)CCC(C)C. The highest BCUT2D eigenvalue weighted by molar-refractivity contribution is 5.79. The fourth-order valence-electron chi connectivity index (χ4n) is 2.10. The van der Waals surface area contributed by atoms with Gasteiger partial charge >= 0.3 is 6.18 Å². The van der Waals surface area contributed by atoms with Gasteiger partial charge in [-0.05, 0) is 31.7 Å². The Balaban J connectivity index is 2.58. The molecule has 0 amide bonds. The maximum Gasteiger partial charge on any atom is 0.422 e. The van der Waals surface area contributed by atoms with Crippen molar-refractivity contribution in [2.24, 2.45) is 10.9 Å². The number of aliphatic imine (C=N–C) groups is 1. The number of hydrogen-bond donors (Lipinski definition) is 2. The van der Waals surface area contributed by atoms with Crippen LogP contribution in [0.5, 0.6) is 5.88 Å². The summed E-state index contributed by atoms with van der Waals surface area (Å²) in [6.45, 7) is 5.31. The van der Waals surface area contributed by atoms with Crippen LogP contribution >= 0.6 is 0 Å². The molecule has 5 nitrogen and oxygen atoms in total. The van der Waals surface area contributed by atoms with Gasteiger partial charge in [0.1, 0.15) is 0 Å². The van der Waals surface area contributed by atoms with Crippen LogP contribution in [0.15, 0.2) is 23.3 Å². The van der Waals surface area contributed by atoms with Gasteiger partial charge in [-0.25, -0.2) is 4.98 Å². The number of ether oxygens (including phenoxy) is 1. The first-order valence-electron chi connectivity index (χ1n) is 8.32. The first kappa shape index (κ1) is 21.1. The molecule has 1 aromatic rings. The van der Waals surface area contributed by atoms with Crippen molar-refractivity contribution in [3.8, 4) is 5.88 Å². The summed E-state index contributed by atoms with van der Waals surface area (Å²) in [4.78, 5) is 8.01. The first-order valence-corrected chi connectivity index (χ1v) is 8.32. The third kappa shape index (κ3) is 9.16. The summed E-state index contributed by atoms with van der Waals surface area (Å²) in [5.41, 5.74) is 0.532. The Bertz CT molecular complexity index is 547. The molecule has 0 bridgehead atoms. The van der Waals surface area contributed by atoms with E-state index in [2.05, 4.69) is 41.4 Å². The molecule has 0 aliphatic carbocycles. The van der Waals surface area contributed by atoms with E-state index in [1.54, 1.807) is 19.2 Å². The van der Waals surface area contributed by atoms with Crippen LogP contribution in [0, 0.1) is 5.92 Å².